The summed E-state index contributed by atoms with van der Waals surface area (Å²) in [5.41, 5.74) is 15.2. The van der Waals surface area contributed by atoms with Crippen molar-refractivity contribution in [1.82, 2.24) is 24.1 Å². The maximum Gasteiger partial charge on any atom is 0.164 e. The van der Waals surface area contributed by atoms with Gasteiger partial charge in [-0.3, -0.25) is 0 Å². The zero-order valence-corrected chi connectivity index (χ0v) is 34.5. The van der Waals surface area contributed by atoms with Crippen LogP contribution >= 0.6 is 0 Å². The predicted molar refractivity (Wildman–Crippen MR) is 260 cm³/mol. The van der Waals surface area contributed by atoms with Crippen molar-refractivity contribution >= 4 is 43.6 Å². The van der Waals surface area contributed by atoms with Gasteiger partial charge in [-0.15, -0.1) is 0 Å². The summed E-state index contributed by atoms with van der Waals surface area (Å²) in [7, 11) is 0. The molecular formula is C58H39N5. The standard InChI is InChI=1S/C58H39N5/c1-38-25-31-50-48-21-11-13-23-52(48)62(54(50)33-38)46-30-32-51-49-22-12-14-24-53(49)63(55(51)37-46)47-35-44(40-17-7-3-8-18-40)34-45(36-47)58-60-56(42-19-9-4-10-20-42)59-57(61-58)43-28-26-41(27-29-43)39-15-5-2-6-16-39/h2-37H,1H3. The first kappa shape index (κ1) is 36.4. The number of aromatic nitrogens is 5. The molecule has 12 aromatic rings. The van der Waals surface area contributed by atoms with Crippen molar-refractivity contribution in [3.8, 4) is 67.8 Å². The third-order valence-corrected chi connectivity index (χ3v) is 12.2. The van der Waals surface area contributed by atoms with Gasteiger partial charge in [-0.2, -0.15) is 0 Å². The molecule has 5 nitrogen and oxygen atoms in total. The van der Waals surface area contributed by atoms with Gasteiger partial charge in [0.1, 0.15) is 0 Å². The van der Waals surface area contributed by atoms with E-state index < -0.39 is 0 Å². The molecule has 0 atom stereocenters. The predicted octanol–water partition coefficient (Wildman–Crippen LogP) is 14.7. The van der Waals surface area contributed by atoms with Crippen LogP contribution in [0.3, 0.4) is 0 Å². The van der Waals surface area contributed by atoms with E-state index in [9.17, 15) is 0 Å². The van der Waals surface area contributed by atoms with Crippen molar-refractivity contribution in [2.45, 2.75) is 6.92 Å². The molecular weight excluding hydrogens is 767 g/mol. The van der Waals surface area contributed by atoms with Crippen molar-refractivity contribution in [2.24, 2.45) is 0 Å². The molecule has 0 unspecified atom stereocenters. The second-order valence-corrected chi connectivity index (χ2v) is 16.2. The number of fused-ring (bicyclic) bond motifs is 6. The number of nitrogens with zero attached hydrogens (tertiary/aromatic N) is 5. The van der Waals surface area contributed by atoms with Gasteiger partial charge < -0.3 is 9.13 Å². The summed E-state index contributed by atoms with van der Waals surface area (Å²) in [6, 6.07) is 77.5. The molecule has 0 N–H and O–H groups in total. The molecule has 9 aromatic carbocycles. The molecule has 3 aromatic heterocycles. The fourth-order valence-electron chi connectivity index (χ4n) is 9.19. The molecule has 0 spiro atoms. The van der Waals surface area contributed by atoms with E-state index in [1.165, 1.54) is 38.1 Å². The highest BCUT2D eigenvalue weighted by Crippen LogP contribution is 2.39. The van der Waals surface area contributed by atoms with Gasteiger partial charge in [0.05, 0.1) is 22.1 Å². The van der Waals surface area contributed by atoms with Gasteiger partial charge in [-0.05, 0) is 83.3 Å². The summed E-state index contributed by atoms with van der Waals surface area (Å²) in [4.78, 5) is 15.6. The van der Waals surface area contributed by atoms with E-state index in [1.807, 2.05) is 24.3 Å². The molecule has 0 saturated heterocycles. The smallest absolute Gasteiger partial charge is 0.164 e. The van der Waals surface area contributed by atoms with Crippen molar-refractivity contribution in [3.05, 3.63) is 224 Å². The van der Waals surface area contributed by atoms with Gasteiger partial charge >= 0.3 is 0 Å². The second-order valence-electron chi connectivity index (χ2n) is 16.2. The van der Waals surface area contributed by atoms with Crippen LogP contribution in [-0.2, 0) is 0 Å². The largest absolute Gasteiger partial charge is 0.309 e. The average Bonchev–Trinajstić information content (AvgIpc) is 3.86. The van der Waals surface area contributed by atoms with Gasteiger partial charge in [0.15, 0.2) is 17.5 Å². The number of hydrogen-bond acceptors (Lipinski definition) is 3. The van der Waals surface area contributed by atoms with Crippen molar-refractivity contribution < 1.29 is 0 Å². The molecule has 0 aliphatic carbocycles. The summed E-state index contributed by atoms with van der Waals surface area (Å²) in [5, 5.41) is 4.87. The zero-order chi connectivity index (χ0) is 41.9. The van der Waals surface area contributed by atoms with E-state index in [0.29, 0.717) is 17.5 Å². The first-order valence-electron chi connectivity index (χ1n) is 21.3. The molecule has 0 bridgehead atoms. The summed E-state index contributed by atoms with van der Waals surface area (Å²) in [6.07, 6.45) is 0. The summed E-state index contributed by atoms with van der Waals surface area (Å²) in [5.74, 6) is 1.84. The van der Waals surface area contributed by atoms with Gasteiger partial charge in [0, 0.05) is 49.6 Å². The van der Waals surface area contributed by atoms with E-state index in [0.717, 1.165) is 61.4 Å². The number of aryl methyl sites for hydroxylation is 1. The quantitative estimate of drug-likeness (QED) is 0.161. The molecule has 296 valence electrons. The second kappa shape index (κ2) is 14.9. The van der Waals surface area contributed by atoms with E-state index in [-0.39, 0.29) is 0 Å². The Kier molecular flexibility index (Phi) is 8.64. The van der Waals surface area contributed by atoms with Crippen LogP contribution in [0.15, 0.2) is 218 Å². The third kappa shape index (κ3) is 6.37. The van der Waals surface area contributed by atoms with Crippen LogP contribution in [0.5, 0.6) is 0 Å². The third-order valence-electron chi connectivity index (χ3n) is 12.2. The topological polar surface area (TPSA) is 48.5 Å². The van der Waals surface area contributed by atoms with Crippen LogP contribution in [0, 0.1) is 6.92 Å². The van der Waals surface area contributed by atoms with Crippen LogP contribution in [0.4, 0.5) is 0 Å². The Morgan fingerprint density at radius 3 is 1.30 bits per heavy atom. The minimum atomic E-state index is 0.604. The molecule has 3 heterocycles. The molecule has 12 rings (SSSR count). The molecule has 0 aliphatic rings. The van der Waals surface area contributed by atoms with E-state index in [2.05, 4.69) is 210 Å². The van der Waals surface area contributed by atoms with Crippen LogP contribution in [0.25, 0.3) is 111 Å². The Bertz CT molecular complexity index is 3660. The highest BCUT2D eigenvalue weighted by Gasteiger charge is 2.20. The minimum Gasteiger partial charge on any atom is -0.309 e. The Hall–Kier alpha value is -8.41. The number of para-hydroxylation sites is 2. The lowest BCUT2D eigenvalue weighted by Crippen LogP contribution is -2.02. The maximum atomic E-state index is 5.26. The molecule has 0 aliphatic heterocycles. The van der Waals surface area contributed by atoms with Gasteiger partial charge in [-0.25, -0.2) is 15.0 Å². The van der Waals surface area contributed by atoms with Crippen molar-refractivity contribution in [2.75, 3.05) is 0 Å². The fourth-order valence-corrected chi connectivity index (χ4v) is 9.19. The van der Waals surface area contributed by atoms with Crippen molar-refractivity contribution in [1.29, 1.82) is 0 Å². The van der Waals surface area contributed by atoms with Gasteiger partial charge in [0.2, 0.25) is 0 Å². The Balaban J connectivity index is 1.09. The minimum absolute atomic E-state index is 0.604. The SMILES string of the molecule is Cc1ccc2c3ccccc3n(-c3ccc4c5ccccc5n(-c5cc(-c6ccccc6)cc(-c6nc(-c7ccccc7)nc(-c7ccc(-c8ccccc8)cc7)n6)c5)c4c3)c2c1. The number of benzene rings is 9. The monoisotopic (exact) mass is 805 g/mol. The van der Waals surface area contributed by atoms with Crippen LogP contribution < -0.4 is 0 Å². The first-order valence-corrected chi connectivity index (χ1v) is 21.3. The number of hydrogen-bond donors (Lipinski definition) is 0. The average molecular weight is 806 g/mol. The fraction of sp³-hybridized carbons (Fsp3) is 0.0172. The van der Waals surface area contributed by atoms with Crippen LogP contribution in [0.2, 0.25) is 0 Å². The molecule has 63 heavy (non-hydrogen) atoms. The molecule has 0 amide bonds. The van der Waals surface area contributed by atoms with Crippen LogP contribution in [-0.4, -0.2) is 24.1 Å². The normalized spacial score (nSPS) is 11.6. The lowest BCUT2D eigenvalue weighted by Gasteiger charge is -2.15. The highest BCUT2D eigenvalue weighted by atomic mass is 15.0. The lowest BCUT2D eigenvalue weighted by atomic mass is 10.0. The summed E-state index contributed by atoms with van der Waals surface area (Å²) >= 11 is 0. The Morgan fingerprint density at radius 1 is 0.270 bits per heavy atom. The van der Waals surface area contributed by atoms with Gasteiger partial charge in [-0.1, -0.05) is 170 Å². The Labute approximate surface area is 364 Å². The molecule has 0 saturated carbocycles. The molecule has 0 radical (unpaired) electrons. The molecule has 5 heteroatoms. The lowest BCUT2D eigenvalue weighted by molar-refractivity contribution is 1.07. The first-order chi connectivity index (χ1) is 31.1. The maximum absolute atomic E-state index is 5.26. The van der Waals surface area contributed by atoms with Crippen molar-refractivity contribution in [3.63, 3.8) is 0 Å². The van der Waals surface area contributed by atoms with Crippen LogP contribution in [0.1, 0.15) is 5.56 Å². The summed E-state index contributed by atoms with van der Waals surface area (Å²) in [6.45, 7) is 2.17. The van der Waals surface area contributed by atoms with E-state index in [4.69, 9.17) is 15.0 Å². The molecule has 0 fully saturated rings. The summed E-state index contributed by atoms with van der Waals surface area (Å²) < 4.78 is 4.82. The Morgan fingerprint density at radius 2 is 0.683 bits per heavy atom. The van der Waals surface area contributed by atoms with E-state index >= 15 is 0 Å². The van der Waals surface area contributed by atoms with E-state index in [1.54, 1.807) is 0 Å². The highest BCUT2D eigenvalue weighted by molar-refractivity contribution is 6.12. The number of rotatable bonds is 7. The zero-order valence-electron chi connectivity index (χ0n) is 34.5. The van der Waals surface area contributed by atoms with Gasteiger partial charge in [0.25, 0.3) is 0 Å².